The zero-order chi connectivity index (χ0) is 29.7. The van der Waals surface area contributed by atoms with Crippen molar-refractivity contribution in [3.8, 4) is 44.5 Å². The molecule has 1 nitrogen and oxygen atoms in total. The second-order valence-corrected chi connectivity index (χ2v) is 11.6. The van der Waals surface area contributed by atoms with Crippen molar-refractivity contribution in [3.05, 3.63) is 170 Å². The molecule has 45 heavy (non-hydrogen) atoms. The normalized spacial score (nSPS) is 11.6. The topological polar surface area (TPSA) is 13.1 Å². The fraction of sp³-hybridized carbons (Fsp3) is 0. The SMILES string of the molecule is c1ccc(-c2cccc(-c3c4ccccc4c(-c4ccccc4-c4ccc5c(c4)oc4ccccc45)c4ccccc34)c2)cc1. The van der Waals surface area contributed by atoms with Gasteiger partial charge in [-0.05, 0) is 90.3 Å². The summed E-state index contributed by atoms with van der Waals surface area (Å²) in [5, 5.41) is 7.28. The maximum absolute atomic E-state index is 6.31. The summed E-state index contributed by atoms with van der Waals surface area (Å²) in [6.07, 6.45) is 0. The number of fused-ring (bicyclic) bond motifs is 5. The molecular formula is C44H28O. The number of hydrogen-bond acceptors (Lipinski definition) is 1. The lowest BCUT2D eigenvalue weighted by Crippen LogP contribution is -1.93. The van der Waals surface area contributed by atoms with E-state index in [2.05, 4.69) is 158 Å². The van der Waals surface area contributed by atoms with E-state index in [0.717, 1.165) is 27.5 Å². The molecule has 9 aromatic rings. The molecule has 0 radical (unpaired) electrons. The highest BCUT2D eigenvalue weighted by Crippen LogP contribution is 2.46. The molecule has 0 saturated carbocycles. The first-order valence-electron chi connectivity index (χ1n) is 15.4. The molecule has 8 aromatic carbocycles. The average molecular weight is 573 g/mol. The molecule has 210 valence electrons. The van der Waals surface area contributed by atoms with Gasteiger partial charge < -0.3 is 4.42 Å². The van der Waals surface area contributed by atoms with Gasteiger partial charge in [-0.3, -0.25) is 0 Å². The second-order valence-electron chi connectivity index (χ2n) is 11.6. The van der Waals surface area contributed by atoms with Crippen molar-refractivity contribution in [2.75, 3.05) is 0 Å². The van der Waals surface area contributed by atoms with Crippen molar-refractivity contribution < 1.29 is 4.42 Å². The molecule has 0 fully saturated rings. The van der Waals surface area contributed by atoms with E-state index in [9.17, 15) is 0 Å². The zero-order valence-electron chi connectivity index (χ0n) is 24.6. The van der Waals surface area contributed by atoms with Crippen LogP contribution in [0.5, 0.6) is 0 Å². The third kappa shape index (κ3) is 4.17. The van der Waals surface area contributed by atoms with Gasteiger partial charge >= 0.3 is 0 Å². The van der Waals surface area contributed by atoms with Gasteiger partial charge in [-0.15, -0.1) is 0 Å². The largest absolute Gasteiger partial charge is 0.456 e. The van der Waals surface area contributed by atoms with Gasteiger partial charge in [-0.1, -0.05) is 146 Å². The lowest BCUT2D eigenvalue weighted by Gasteiger charge is -2.20. The predicted molar refractivity (Wildman–Crippen MR) is 190 cm³/mol. The van der Waals surface area contributed by atoms with Crippen molar-refractivity contribution in [2.45, 2.75) is 0 Å². The van der Waals surface area contributed by atoms with Gasteiger partial charge in [-0.2, -0.15) is 0 Å². The van der Waals surface area contributed by atoms with Crippen LogP contribution in [0.4, 0.5) is 0 Å². The molecule has 1 heterocycles. The van der Waals surface area contributed by atoms with Crippen LogP contribution in [-0.4, -0.2) is 0 Å². The Kier molecular flexibility index (Phi) is 5.89. The molecule has 0 saturated heterocycles. The molecule has 0 atom stereocenters. The van der Waals surface area contributed by atoms with Crippen LogP contribution in [0, 0.1) is 0 Å². The molecule has 0 aliphatic heterocycles. The minimum atomic E-state index is 0.909. The summed E-state index contributed by atoms with van der Waals surface area (Å²) >= 11 is 0. The van der Waals surface area contributed by atoms with E-state index in [4.69, 9.17) is 4.42 Å². The summed E-state index contributed by atoms with van der Waals surface area (Å²) in [5.41, 5.74) is 11.6. The Morgan fingerprint density at radius 3 is 1.53 bits per heavy atom. The molecule has 1 heteroatoms. The van der Waals surface area contributed by atoms with Gasteiger partial charge in [0.15, 0.2) is 0 Å². The van der Waals surface area contributed by atoms with Crippen molar-refractivity contribution in [1.29, 1.82) is 0 Å². The monoisotopic (exact) mass is 572 g/mol. The van der Waals surface area contributed by atoms with E-state index in [-0.39, 0.29) is 0 Å². The molecule has 1 aromatic heterocycles. The summed E-state index contributed by atoms with van der Waals surface area (Å²) in [6, 6.07) is 61.0. The van der Waals surface area contributed by atoms with Crippen LogP contribution in [0.15, 0.2) is 174 Å². The summed E-state index contributed by atoms with van der Waals surface area (Å²) in [6.45, 7) is 0. The van der Waals surface area contributed by atoms with Crippen molar-refractivity contribution in [1.82, 2.24) is 0 Å². The summed E-state index contributed by atoms with van der Waals surface area (Å²) in [5.74, 6) is 0. The average Bonchev–Trinajstić information content (AvgIpc) is 3.49. The first-order chi connectivity index (χ1) is 22.3. The Bertz CT molecular complexity index is 2480. The summed E-state index contributed by atoms with van der Waals surface area (Å²) in [4.78, 5) is 0. The number of benzene rings is 8. The van der Waals surface area contributed by atoms with E-state index >= 15 is 0 Å². The van der Waals surface area contributed by atoms with Crippen LogP contribution < -0.4 is 0 Å². The number of para-hydroxylation sites is 1. The first kappa shape index (κ1) is 25.6. The van der Waals surface area contributed by atoms with E-state index in [1.54, 1.807) is 0 Å². The third-order valence-electron chi connectivity index (χ3n) is 9.08. The highest BCUT2D eigenvalue weighted by molar-refractivity contribution is 6.22. The van der Waals surface area contributed by atoms with Crippen LogP contribution in [0.25, 0.3) is 88.0 Å². The molecule has 0 amide bonds. The fourth-order valence-electron chi connectivity index (χ4n) is 7.06. The quantitative estimate of drug-likeness (QED) is 0.191. The number of furan rings is 1. The molecule has 0 N–H and O–H groups in total. The Labute approximate surface area is 261 Å². The van der Waals surface area contributed by atoms with Gasteiger partial charge in [0.25, 0.3) is 0 Å². The molecular weight excluding hydrogens is 544 g/mol. The van der Waals surface area contributed by atoms with E-state index in [1.165, 1.54) is 60.5 Å². The highest BCUT2D eigenvalue weighted by atomic mass is 16.3. The van der Waals surface area contributed by atoms with Crippen LogP contribution in [0.2, 0.25) is 0 Å². The fourth-order valence-corrected chi connectivity index (χ4v) is 7.06. The van der Waals surface area contributed by atoms with Crippen LogP contribution in [0.3, 0.4) is 0 Å². The molecule has 0 spiro atoms. The molecule has 0 unspecified atom stereocenters. The van der Waals surface area contributed by atoms with Gasteiger partial charge in [-0.25, -0.2) is 0 Å². The van der Waals surface area contributed by atoms with Gasteiger partial charge in [0.05, 0.1) is 0 Å². The smallest absolute Gasteiger partial charge is 0.136 e. The van der Waals surface area contributed by atoms with Crippen LogP contribution >= 0.6 is 0 Å². The second kappa shape index (κ2) is 10.4. The van der Waals surface area contributed by atoms with E-state index < -0.39 is 0 Å². The Morgan fingerprint density at radius 1 is 0.267 bits per heavy atom. The van der Waals surface area contributed by atoms with Gasteiger partial charge in [0.1, 0.15) is 11.2 Å². The Morgan fingerprint density at radius 2 is 0.800 bits per heavy atom. The molecule has 9 rings (SSSR count). The Balaban J connectivity index is 1.31. The Hall–Kier alpha value is -5.92. The van der Waals surface area contributed by atoms with E-state index in [1.807, 2.05) is 12.1 Å². The lowest BCUT2D eigenvalue weighted by molar-refractivity contribution is 0.669. The van der Waals surface area contributed by atoms with Gasteiger partial charge in [0, 0.05) is 10.8 Å². The number of hydrogen-bond donors (Lipinski definition) is 0. The highest BCUT2D eigenvalue weighted by Gasteiger charge is 2.19. The predicted octanol–water partition coefficient (Wildman–Crippen LogP) is 12.6. The van der Waals surface area contributed by atoms with E-state index in [0.29, 0.717) is 0 Å². The third-order valence-corrected chi connectivity index (χ3v) is 9.08. The summed E-state index contributed by atoms with van der Waals surface area (Å²) in [7, 11) is 0. The van der Waals surface area contributed by atoms with Crippen LogP contribution in [0.1, 0.15) is 0 Å². The van der Waals surface area contributed by atoms with Crippen molar-refractivity contribution >= 4 is 43.5 Å². The maximum Gasteiger partial charge on any atom is 0.136 e. The zero-order valence-corrected chi connectivity index (χ0v) is 24.6. The minimum Gasteiger partial charge on any atom is -0.456 e. The molecule has 0 aliphatic rings. The summed E-state index contributed by atoms with van der Waals surface area (Å²) < 4.78 is 6.31. The molecule has 0 bridgehead atoms. The van der Waals surface area contributed by atoms with Crippen molar-refractivity contribution in [2.24, 2.45) is 0 Å². The first-order valence-corrected chi connectivity index (χ1v) is 15.4. The van der Waals surface area contributed by atoms with Crippen LogP contribution in [-0.2, 0) is 0 Å². The van der Waals surface area contributed by atoms with Crippen molar-refractivity contribution in [3.63, 3.8) is 0 Å². The maximum atomic E-state index is 6.31. The molecule has 0 aliphatic carbocycles. The van der Waals surface area contributed by atoms with Gasteiger partial charge in [0.2, 0.25) is 0 Å². The standard InChI is InChI=1S/C44H28O/c1-2-13-29(14-3-1)30-15-12-16-32(27-30)43-37-20-6-8-22-39(37)44(40-23-9-7-21-38(40)43)36-19-5-4-17-33(36)31-25-26-35-34-18-10-11-24-41(34)45-42(35)28-31/h1-28H. The lowest BCUT2D eigenvalue weighted by atomic mass is 9.83. The minimum absolute atomic E-state index is 0.909. The number of rotatable bonds is 4.